The molecule has 0 fully saturated rings. The smallest absolute Gasteiger partial charge is 0.0726 e. The summed E-state index contributed by atoms with van der Waals surface area (Å²) < 4.78 is 1.97. The maximum Gasteiger partial charge on any atom is 0.0726 e. The van der Waals surface area contributed by atoms with E-state index in [0.29, 0.717) is 6.04 Å². The van der Waals surface area contributed by atoms with Crippen molar-refractivity contribution in [2.75, 3.05) is 11.9 Å². The highest BCUT2D eigenvalue weighted by molar-refractivity contribution is 5.38. The van der Waals surface area contributed by atoms with Gasteiger partial charge in [0.05, 0.1) is 11.9 Å². The molecule has 0 bridgehead atoms. The van der Waals surface area contributed by atoms with E-state index >= 15 is 0 Å². The summed E-state index contributed by atoms with van der Waals surface area (Å²) in [6.07, 6.45) is 5.17. The van der Waals surface area contributed by atoms with Crippen LogP contribution in [0.5, 0.6) is 0 Å². The molecule has 0 spiro atoms. The van der Waals surface area contributed by atoms with Crippen molar-refractivity contribution < 1.29 is 0 Å². The van der Waals surface area contributed by atoms with Crippen LogP contribution in [0, 0.1) is 5.92 Å². The van der Waals surface area contributed by atoms with E-state index in [1.54, 1.807) is 0 Å². The largest absolute Gasteiger partial charge is 0.382 e. The van der Waals surface area contributed by atoms with Crippen molar-refractivity contribution in [2.24, 2.45) is 5.92 Å². The fourth-order valence-electron chi connectivity index (χ4n) is 1.15. The molecular formula is C11H21N3. The predicted octanol–water partition coefficient (Wildman–Crippen LogP) is 2.92. The second kappa shape index (κ2) is 5.03. The van der Waals surface area contributed by atoms with Gasteiger partial charge in [-0.25, -0.2) is 0 Å². The zero-order valence-corrected chi connectivity index (χ0v) is 9.62. The predicted molar refractivity (Wildman–Crippen MR) is 60.6 cm³/mol. The average Bonchev–Trinajstić information content (AvgIpc) is 2.62. The van der Waals surface area contributed by atoms with Crippen molar-refractivity contribution in [3.63, 3.8) is 0 Å². The van der Waals surface area contributed by atoms with E-state index in [1.165, 1.54) is 6.42 Å². The van der Waals surface area contributed by atoms with Crippen molar-refractivity contribution in [2.45, 2.75) is 40.2 Å². The topological polar surface area (TPSA) is 29.9 Å². The van der Waals surface area contributed by atoms with Crippen molar-refractivity contribution in [3.05, 3.63) is 12.4 Å². The summed E-state index contributed by atoms with van der Waals surface area (Å²) in [6, 6.07) is 0.439. The number of hydrogen-bond acceptors (Lipinski definition) is 2. The van der Waals surface area contributed by atoms with Crippen molar-refractivity contribution in [3.8, 4) is 0 Å². The molecule has 0 aliphatic heterocycles. The first kappa shape index (κ1) is 11.1. The first-order chi connectivity index (χ1) is 6.63. The molecule has 0 saturated carbocycles. The minimum absolute atomic E-state index is 0.439. The molecule has 0 radical (unpaired) electrons. The Balaban J connectivity index is 2.44. The Kier molecular flexibility index (Phi) is 3.98. The van der Waals surface area contributed by atoms with Crippen LogP contribution in [0.4, 0.5) is 5.69 Å². The van der Waals surface area contributed by atoms with Gasteiger partial charge >= 0.3 is 0 Å². The van der Waals surface area contributed by atoms with E-state index in [2.05, 4.69) is 44.3 Å². The number of nitrogens with zero attached hydrogens (tertiary/aromatic N) is 2. The lowest BCUT2D eigenvalue weighted by Crippen LogP contribution is -2.09. The number of hydrogen-bond donors (Lipinski definition) is 1. The summed E-state index contributed by atoms with van der Waals surface area (Å²) in [7, 11) is 0. The molecule has 1 atom stereocenters. The maximum absolute atomic E-state index is 4.27. The summed E-state index contributed by atoms with van der Waals surface area (Å²) in [5.74, 6) is 0.720. The van der Waals surface area contributed by atoms with E-state index in [0.717, 1.165) is 18.2 Å². The zero-order valence-electron chi connectivity index (χ0n) is 9.62. The number of rotatable bonds is 5. The highest BCUT2D eigenvalue weighted by Crippen LogP contribution is 2.11. The van der Waals surface area contributed by atoms with Crippen LogP contribution in [0.15, 0.2) is 12.4 Å². The number of nitrogens with one attached hydrogen (secondary N) is 1. The van der Waals surface area contributed by atoms with Gasteiger partial charge in [-0.15, -0.1) is 0 Å². The quantitative estimate of drug-likeness (QED) is 0.783. The summed E-state index contributed by atoms with van der Waals surface area (Å²) in [5, 5.41) is 7.66. The third kappa shape index (κ3) is 3.05. The Labute approximate surface area is 86.5 Å². The van der Waals surface area contributed by atoms with Gasteiger partial charge in [0.2, 0.25) is 0 Å². The molecule has 1 N–H and O–H groups in total. The molecule has 1 heterocycles. The Morgan fingerprint density at radius 3 is 2.64 bits per heavy atom. The van der Waals surface area contributed by atoms with Crippen LogP contribution in [-0.2, 0) is 0 Å². The monoisotopic (exact) mass is 195 g/mol. The molecule has 80 valence electrons. The molecule has 14 heavy (non-hydrogen) atoms. The van der Waals surface area contributed by atoms with Gasteiger partial charge in [-0.05, 0) is 19.8 Å². The first-order valence-electron chi connectivity index (χ1n) is 5.41. The zero-order chi connectivity index (χ0) is 10.6. The lowest BCUT2D eigenvalue weighted by Gasteiger charge is -2.09. The molecule has 0 saturated heterocycles. The van der Waals surface area contributed by atoms with Gasteiger partial charge in [0.15, 0.2) is 0 Å². The van der Waals surface area contributed by atoms with E-state index in [4.69, 9.17) is 0 Å². The standard InChI is InChI=1S/C11H21N3/c1-5-10(4)6-12-11-7-13-14(8-11)9(2)3/h7-10,12H,5-6H2,1-4H3. The van der Waals surface area contributed by atoms with Crippen LogP contribution in [-0.4, -0.2) is 16.3 Å². The maximum atomic E-state index is 4.27. The van der Waals surface area contributed by atoms with Crippen LogP contribution in [0.1, 0.15) is 40.2 Å². The molecule has 0 aromatic carbocycles. The van der Waals surface area contributed by atoms with Gasteiger partial charge in [0.1, 0.15) is 0 Å². The average molecular weight is 195 g/mol. The van der Waals surface area contributed by atoms with Crippen LogP contribution >= 0.6 is 0 Å². The molecule has 0 amide bonds. The van der Waals surface area contributed by atoms with Gasteiger partial charge < -0.3 is 5.32 Å². The minimum Gasteiger partial charge on any atom is -0.382 e. The summed E-state index contributed by atoms with van der Waals surface area (Å²) in [4.78, 5) is 0. The number of anilines is 1. The lowest BCUT2D eigenvalue weighted by atomic mass is 10.1. The lowest BCUT2D eigenvalue weighted by molar-refractivity contribution is 0.532. The second-order valence-electron chi connectivity index (χ2n) is 4.20. The van der Waals surface area contributed by atoms with Gasteiger partial charge in [-0.1, -0.05) is 20.3 Å². The molecule has 0 aliphatic rings. The Bertz CT molecular complexity index is 265. The Morgan fingerprint density at radius 2 is 2.14 bits per heavy atom. The molecule has 1 aromatic rings. The summed E-state index contributed by atoms with van der Waals surface area (Å²) in [5.41, 5.74) is 1.12. The fourth-order valence-corrected chi connectivity index (χ4v) is 1.15. The highest BCUT2D eigenvalue weighted by Gasteiger charge is 2.02. The van der Waals surface area contributed by atoms with E-state index in [-0.39, 0.29) is 0 Å². The van der Waals surface area contributed by atoms with Gasteiger partial charge in [-0.2, -0.15) is 5.10 Å². The highest BCUT2D eigenvalue weighted by atomic mass is 15.3. The van der Waals surface area contributed by atoms with Gasteiger partial charge in [0.25, 0.3) is 0 Å². The normalized spacial score (nSPS) is 13.2. The van der Waals surface area contributed by atoms with E-state index < -0.39 is 0 Å². The van der Waals surface area contributed by atoms with Crippen molar-refractivity contribution >= 4 is 5.69 Å². The Morgan fingerprint density at radius 1 is 1.43 bits per heavy atom. The summed E-state index contributed by atoms with van der Waals surface area (Å²) in [6.45, 7) is 9.75. The molecule has 1 unspecified atom stereocenters. The molecular weight excluding hydrogens is 174 g/mol. The minimum atomic E-state index is 0.439. The first-order valence-corrected chi connectivity index (χ1v) is 5.41. The molecule has 0 aliphatic carbocycles. The van der Waals surface area contributed by atoms with Gasteiger partial charge in [-0.3, -0.25) is 4.68 Å². The van der Waals surface area contributed by atoms with E-state index in [9.17, 15) is 0 Å². The van der Waals surface area contributed by atoms with Crippen molar-refractivity contribution in [1.82, 2.24) is 9.78 Å². The van der Waals surface area contributed by atoms with Crippen LogP contribution in [0.25, 0.3) is 0 Å². The van der Waals surface area contributed by atoms with Crippen molar-refractivity contribution in [1.29, 1.82) is 0 Å². The number of aromatic nitrogens is 2. The van der Waals surface area contributed by atoms with Gasteiger partial charge in [0, 0.05) is 18.8 Å². The molecule has 1 aromatic heterocycles. The molecule has 1 rings (SSSR count). The van der Waals surface area contributed by atoms with E-state index in [1.807, 2.05) is 10.9 Å². The second-order valence-corrected chi connectivity index (χ2v) is 4.20. The van der Waals surface area contributed by atoms with Crippen LogP contribution in [0.2, 0.25) is 0 Å². The molecule has 3 heteroatoms. The third-order valence-electron chi connectivity index (χ3n) is 2.48. The third-order valence-corrected chi connectivity index (χ3v) is 2.48. The van der Waals surface area contributed by atoms with Crippen LogP contribution < -0.4 is 5.32 Å². The molecule has 3 nitrogen and oxygen atoms in total. The summed E-state index contributed by atoms with van der Waals surface area (Å²) >= 11 is 0. The fraction of sp³-hybridized carbons (Fsp3) is 0.727. The SMILES string of the molecule is CCC(C)CNc1cnn(C(C)C)c1. The van der Waals surface area contributed by atoms with Crippen LogP contribution in [0.3, 0.4) is 0 Å². The Hall–Kier alpha value is -0.990.